The predicted molar refractivity (Wildman–Crippen MR) is 101 cm³/mol. The minimum absolute atomic E-state index is 0.644. The molecule has 1 atom stereocenters. The molecular weight excluding hydrogens is 296 g/mol. The Hall–Kier alpha value is -2.16. The molecule has 0 aromatic heterocycles. The number of hydrogen-bond acceptors (Lipinski definition) is 3. The van der Waals surface area contributed by atoms with E-state index in [9.17, 15) is 0 Å². The smallest absolute Gasteiger partial charge is 0.119 e. The maximum atomic E-state index is 5.91. The summed E-state index contributed by atoms with van der Waals surface area (Å²) in [5.74, 6) is 1.55. The second kappa shape index (κ2) is 9.86. The van der Waals surface area contributed by atoms with Crippen molar-refractivity contribution < 1.29 is 4.74 Å². The number of unbranched alkanes of at least 4 members (excludes halogenated alkanes) is 1. The van der Waals surface area contributed by atoms with Crippen molar-refractivity contribution in [3.05, 3.63) is 54.1 Å². The van der Waals surface area contributed by atoms with Gasteiger partial charge in [0, 0.05) is 0 Å². The van der Waals surface area contributed by atoms with Crippen LogP contribution >= 0.6 is 0 Å². The van der Waals surface area contributed by atoms with E-state index in [-0.39, 0.29) is 0 Å². The molecule has 0 bridgehead atoms. The van der Waals surface area contributed by atoms with Gasteiger partial charge in [-0.3, -0.25) is 0 Å². The van der Waals surface area contributed by atoms with Crippen LogP contribution in [0.15, 0.2) is 58.8 Å². The van der Waals surface area contributed by atoms with Crippen LogP contribution in [0, 0.1) is 12.8 Å². The molecule has 3 heteroatoms. The first-order valence-corrected chi connectivity index (χ1v) is 8.92. The van der Waals surface area contributed by atoms with Gasteiger partial charge in [0.25, 0.3) is 0 Å². The van der Waals surface area contributed by atoms with Crippen molar-refractivity contribution in [2.75, 3.05) is 6.61 Å². The second-order valence-electron chi connectivity index (χ2n) is 6.26. The third-order valence-corrected chi connectivity index (χ3v) is 4.18. The van der Waals surface area contributed by atoms with Gasteiger partial charge in [-0.05, 0) is 55.7 Å². The van der Waals surface area contributed by atoms with Crippen LogP contribution in [-0.4, -0.2) is 6.61 Å². The standard InChI is InChI=1S/C21H28N2O/c1-4-6-7-18(5-2)16-24-21-14-12-20(13-15-21)23-22-19-10-8-17(3)9-11-19/h8-15,18H,4-7,16H2,1-3H3. The summed E-state index contributed by atoms with van der Waals surface area (Å²) in [5, 5.41) is 8.52. The average molecular weight is 324 g/mol. The molecule has 0 saturated carbocycles. The molecule has 0 spiro atoms. The first-order valence-electron chi connectivity index (χ1n) is 8.92. The zero-order valence-electron chi connectivity index (χ0n) is 15.0. The zero-order valence-corrected chi connectivity index (χ0v) is 15.0. The Labute approximate surface area is 145 Å². The zero-order chi connectivity index (χ0) is 17.2. The van der Waals surface area contributed by atoms with E-state index in [4.69, 9.17) is 4.74 Å². The van der Waals surface area contributed by atoms with E-state index in [1.54, 1.807) is 0 Å². The van der Waals surface area contributed by atoms with E-state index in [0.717, 1.165) is 23.7 Å². The van der Waals surface area contributed by atoms with E-state index in [1.165, 1.54) is 31.2 Å². The molecule has 0 heterocycles. The van der Waals surface area contributed by atoms with Gasteiger partial charge in [-0.1, -0.05) is 50.8 Å². The van der Waals surface area contributed by atoms with Gasteiger partial charge in [0.15, 0.2) is 0 Å². The van der Waals surface area contributed by atoms with Gasteiger partial charge in [0.05, 0.1) is 18.0 Å². The lowest BCUT2D eigenvalue weighted by atomic mass is 10.0. The molecule has 2 rings (SSSR count). The van der Waals surface area contributed by atoms with E-state index in [2.05, 4.69) is 31.0 Å². The summed E-state index contributed by atoms with van der Waals surface area (Å²) in [6.07, 6.45) is 4.94. The molecule has 0 fully saturated rings. The molecule has 3 nitrogen and oxygen atoms in total. The molecule has 24 heavy (non-hydrogen) atoms. The fourth-order valence-corrected chi connectivity index (χ4v) is 2.45. The van der Waals surface area contributed by atoms with Gasteiger partial charge < -0.3 is 4.74 Å². The van der Waals surface area contributed by atoms with Crippen molar-refractivity contribution in [1.82, 2.24) is 0 Å². The Morgan fingerprint density at radius 2 is 1.46 bits per heavy atom. The van der Waals surface area contributed by atoms with Crippen LogP contribution in [0.4, 0.5) is 11.4 Å². The molecule has 0 radical (unpaired) electrons. The normalized spacial score (nSPS) is 12.5. The summed E-state index contributed by atoms with van der Waals surface area (Å²) in [6, 6.07) is 15.8. The number of nitrogens with zero attached hydrogens (tertiary/aromatic N) is 2. The molecule has 0 N–H and O–H groups in total. The number of azo groups is 1. The van der Waals surface area contributed by atoms with Crippen molar-refractivity contribution in [2.24, 2.45) is 16.1 Å². The van der Waals surface area contributed by atoms with Crippen LogP contribution in [-0.2, 0) is 0 Å². The Bertz CT molecular complexity index is 617. The highest BCUT2D eigenvalue weighted by atomic mass is 16.5. The number of rotatable bonds is 9. The Morgan fingerprint density at radius 1 is 0.875 bits per heavy atom. The largest absolute Gasteiger partial charge is 0.493 e. The minimum Gasteiger partial charge on any atom is -0.493 e. The third-order valence-electron chi connectivity index (χ3n) is 4.18. The van der Waals surface area contributed by atoms with Gasteiger partial charge in [-0.15, -0.1) is 0 Å². The van der Waals surface area contributed by atoms with Crippen LogP contribution in [0.25, 0.3) is 0 Å². The maximum Gasteiger partial charge on any atom is 0.119 e. The number of hydrogen-bond donors (Lipinski definition) is 0. The lowest BCUT2D eigenvalue weighted by Gasteiger charge is -2.15. The first kappa shape index (κ1) is 18.2. The molecule has 1 unspecified atom stereocenters. The molecule has 128 valence electrons. The van der Waals surface area contributed by atoms with Gasteiger partial charge >= 0.3 is 0 Å². The van der Waals surface area contributed by atoms with E-state index < -0.39 is 0 Å². The molecule has 0 aliphatic heterocycles. The molecule has 0 amide bonds. The number of benzene rings is 2. The summed E-state index contributed by atoms with van der Waals surface area (Å²) < 4.78 is 5.91. The highest BCUT2D eigenvalue weighted by Gasteiger charge is 2.06. The molecule has 2 aromatic rings. The van der Waals surface area contributed by atoms with Crippen LogP contribution in [0.5, 0.6) is 5.75 Å². The predicted octanol–water partition coefficient (Wildman–Crippen LogP) is 7.01. The molecule has 0 aliphatic rings. The molecular formula is C21H28N2O. The van der Waals surface area contributed by atoms with Crippen molar-refractivity contribution in [1.29, 1.82) is 0 Å². The van der Waals surface area contributed by atoms with Gasteiger partial charge in [0.2, 0.25) is 0 Å². The SMILES string of the molecule is CCCCC(CC)COc1ccc(N=Nc2ccc(C)cc2)cc1. The van der Waals surface area contributed by atoms with Crippen molar-refractivity contribution in [3.8, 4) is 5.75 Å². The fraction of sp³-hybridized carbons (Fsp3) is 0.429. The van der Waals surface area contributed by atoms with E-state index >= 15 is 0 Å². The van der Waals surface area contributed by atoms with E-state index in [1.807, 2.05) is 48.5 Å². The molecule has 0 aliphatic carbocycles. The lowest BCUT2D eigenvalue weighted by Crippen LogP contribution is -2.11. The monoisotopic (exact) mass is 324 g/mol. The van der Waals surface area contributed by atoms with Crippen LogP contribution in [0.3, 0.4) is 0 Å². The number of aryl methyl sites for hydroxylation is 1. The summed E-state index contributed by atoms with van der Waals surface area (Å²) >= 11 is 0. The topological polar surface area (TPSA) is 34.0 Å². The van der Waals surface area contributed by atoms with Crippen LogP contribution in [0.1, 0.15) is 45.1 Å². The summed E-state index contributed by atoms with van der Waals surface area (Å²) in [5.41, 5.74) is 2.92. The Kier molecular flexibility index (Phi) is 7.47. The van der Waals surface area contributed by atoms with Crippen molar-refractivity contribution >= 4 is 11.4 Å². The third kappa shape index (κ3) is 6.15. The van der Waals surface area contributed by atoms with E-state index in [0.29, 0.717) is 5.92 Å². The Morgan fingerprint density at radius 3 is 2.00 bits per heavy atom. The summed E-state index contributed by atoms with van der Waals surface area (Å²) in [6.45, 7) is 7.32. The highest BCUT2D eigenvalue weighted by Crippen LogP contribution is 2.22. The van der Waals surface area contributed by atoms with Gasteiger partial charge in [-0.25, -0.2) is 0 Å². The molecule has 2 aromatic carbocycles. The Balaban J connectivity index is 1.87. The lowest BCUT2D eigenvalue weighted by molar-refractivity contribution is 0.233. The van der Waals surface area contributed by atoms with Crippen LogP contribution in [0.2, 0.25) is 0 Å². The van der Waals surface area contributed by atoms with Crippen molar-refractivity contribution in [2.45, 2.75) is 46.5 Å². The summed E-state index contributed by atoms with van der Waals surface area (Å²) in [4.78, 5) is 0. The maximum absolute atomic E-state index is 5.91. The number of ether oxygens (including phenoxy) is 1. The summed E-state index contributed by atoms with van der Waals surface area (Å²) in [7, 11) is 0. The first-order chi connectivity index (χ1) is 11.7. The highest BCUT2D eigenvalue weighted by molar-refractivity contribution is 5.43. The fourth-order valence-electron chi connectivity index (χ4n) is 2.45. The average Bonchev–Trinajstić information content (AvgIpc) is 2.62. The van der Waals surface area contributed by atoms with Crippen LogP contribution < -0.4 is 4.74 Å². The quantitative estimate of drug-likeness (QED) is 0.457. The van der Waals surface area contributed by atoms with Crippen molar-refractivity contribution in [3.63, 3.8) is 0 Å². The minimum atomic E-state index is 0.644. The van der Waals surface area contributed by atoms with Gasteiger partial charge in [0.1, 0.15) is 5.75 Å². The van der Waals surface area contributed by atoms with Gasteiger partial charge in [-0.2, -0.15) is 10.2 Å². The molecule has 0 saturated heterocycles. The second-order valence-corrected chi connectivity index (χ2v) is 6.26.